The lowest BCUT2D eigenvalue weighted by Gasteiger charge is -2.38. The molecule has 1 aromatic carbocycles. The molecule has 0 atom stereocenters. The number of ether oxygens (including phenoxy) is 1. The van der Waals surface area contributed by atoms with Gasteiger partial charge in [0, 0.05) is 37.8 Å². The Hall–Kier alpha value is -3.16. The summed E-state index contributed by atoms with van der Waals surface area (Å²) in [6.07, 6.45) is 4.46. The van der Waals surface area contributed by atoms with Crippen LogP contribution >= 0.6 is 0 Å². The van der Waals surface area contributed by atoms with Gasteiger partial charge < -0.3 is 9.64 Å². The minimum atomic E-state index is -0.0112. The molecule has 1 aliphatic carbocycles. The average molecular weight is 378 g/mol. The molecule has 1 aliphatic heterocycles. The van der Waals surface area contributed by atoms with Crippen LogP contribution in [0.5, 0.6) is 5.75 Å². The van der Waals surface area contributed by atoms with Crippen LogP contribution in [0.15, 0.2) is 36.5 Å². The monoisotopic (exact) mass is 378 g/mol. The van der Waals surface area contributed by atoms with Gasteiger partial charge in [0.15, 0.2) is 0 Å². The molecule has 5 rings (SSSR count). The molecule has 1 amide bonds. The molecule has 1 saturated heterocycles. The van der Waals surface area contributed by atoms with Crippen molar-refractivity contribution in [3.63, 3.8) is 0 Å². The third kappa shape index (κ3) is 2.94. The van der Waals surface area contributed by atoms with Gasteiger partial charge in [0.05, 0.1) is 24.5 Å². The Bertz CT molecular complexity index is 1030. The molecule has 2 fully saturated rings. The Balaban J connectivity index is 1.28. The van der Waals surface area contributed by atoms with Gasteiger partial charge in [-0.3, -0.25) is 9.48 Å². The lowest BCUT2D eigenvalue weighted by atomic mass is 10.1. The van der Waals surface area contributed by atoms with E-state index in [1.807, 2.05) is 46.1 Å². The van der Waals surface area contributed by atoms with Crippen LogP contribution in [0, 0.1) is 0 Å². The van der Waals surface area contributed by atoms with Gasteiger partial charge in [0.25, 0.3) is 5.91 Å². The molecule has 1 saturated carbocycles. The molecule has 3 aromatic rings. The molecule has 8 heteroatoms. The number of carbonyl (C=O) groups excluding carboxylic acids is 1. The predicted octanol–water partition coefficient (Wildman–Crippen LogP) is 2.26. The molecular weight excluding hydrogens is 356 g/mol. The lowest BCUT2D eigenvalue weighted by Crippen LogP contribution is -2.51. The number of likely N-dealkylation sites (tertiary alicyclic amines) is 1. The van der Waals surface area contributed by atoms with E-state index in [1.54, 1.807) is 18.8 Å². The lowest BCUT2D eigenvalue weighted by molar-refractivity contribution is 0.0487. The highest BCUT2D eigenvalue weighted by Gasteiger charge is 2.35. The number of carbonyl (C=O) groups is 1. The van der Waals surface area contributed by atoms with Gasteiger partial charge in [-0.05, 0) is 31.0 Å². The zero-order valence-corrected chi connectivity index (χ0v) is 15.9. The Morgan fingerprint density at radius 2 is 2.04 bits per heavy atom. The van der Waals surface area contributed by atoms with E-state index in [4.69, 9.17) is 4.74 Å². The van der Waals surface area contributed by atoms with Gasteiger partial charge in [-0.1, -0.05) is 17.3 Å². The maximum atomic E-state index is 12.9. The largest absolute Gasteiger partial charge is 0.497 e. The number of aryl methyl sites for hydroxylation is 1. The second kappa shape index (κ2) is 6.47. The minimum Gasteiger partial charge on any atom is -0.497 e. The number of methoxy groups -OCH3 is 1. The van der Waals surface area contributed by atoms with Crippen molar-refractivity contribution in [2.75, 3.05) is 20.2 Å². The SMILES string of the molecule is COc1cccc(-c2cc(C(=O)N3CC(n4cc(C5CC5)nn4)C3)n(C)n2)c1. The maximum Gasteiger partial charge on any atom is 0.272 e. The van der Waals surface area contributed by atoms with E-state index in [9.17, 15) is 4.79 Å². The standard InChI is InChI=1S/C20H22N6O2/c1-24-19(9-17(22-24)14-4-3-5-16(8-14)28-2)20(27)25-10-15(11-25)26-12-18(21-23-26)13-6-7-13/h3-5,8-9,12-13,15H,6-7,10-11H2,1-2H3. The van der Waals surface area contributed by atoms with Crippen LogP contribution in [0.2, 0.25) is 0 Å². The zero-order valence-electron chi connectivity index (χ0n) is 15.9. The summed E-state index contributed by atoms with van der Waals surface area (Å²) < 4.78 is 8.83. The molecular formula is C20H22N6O2. The second-order valence-corrected chi connectivity index (χ2v) is 7.53. The van der Waals surface area contributed by atoms with Crippen molar-refractivity contribution in [2.45, 2.75) is 24.8 Å². The van der Waals surface area contributed by atoms with Gasteiger partial charge in [-0.2, -0.15) is 5.10 Å². The molecule has 28 heavy (non-hydrogen) atoms. The number of rotatable bonds is 5. The van der Waals surface area contributed by atoms with Gasteiger partial charge in [-0.25, -0.2) is 4.68 Å². The van der Waals surface area contributed by atoms with Crippen molar-refractivity contribution in [3.8, 4) is 17.0 Å². The first-order valence-electron chi connectivity index (χ1n) is 9.52. The Labute approximate surface area is 162 Å². The third-order valence-corrected chi connectivity index (χ3v) is 5.51. The number of benzene rings is 1. The summed E-state index contributed by atoms with van der Waals surface area (Å²) in [4.78, 5) is 14.7. The van der Waals surface area contributed by atoms with Crippen LogP contribution in [0.25, 0.3) is 11.3 Å². The first-order valence-corrected chi connectivity index (χ1v) is 9.52. The number of hydrogen-bond acceptors (Lipinski definition) is 5. The van der Waals surface area contributed by atoms with E-state index in [0.29, 0.717) is 24.7 Å². The molecule has 0 N–H and O–H groups in total. The minimum absolute atomic E-state index is 0.0112. The number of amides is 1. The van der Waals surface area contributed by atoms with Gasteiger partial charge in [-0.15, -0.1) is 5.10 Å². The molecule has 0 radical (unpaired) electrons. The third-order valence-electron chi connectivity index (χ3n) is 5.51. The fourth-order valence-electron chi connectivity index (χ4n) is 3.58. The van der Waals surface area contributed by atoms with Crippen molar-refractivity contribution >= 4 is 5.91 Å². The highest BCUT2D eigenvalue weighted by atomic mass is 16.5. The highest BCUT2D eigenvalue weighted by molar-refractivity contribution is 5.94. The van der Waals surface area contributed by atoms with Crippen molar-refractivity contribution in [1.29, 1.82) is 0 Å². The van der Waals surface area contributed by atoms with Crippen molar-refractivity contribution in [1.82, 2.24) is 29.7 Å². The van der Waals surface area contributed by atoms with E-state index in [1.165, 1.54) is 12.8 Å². The normalized spacial score (nSPS) is 16.9. The Kier molecular flexibility index (Phi) is 3.92. The summed E-state index contributed by atoms with van der Waals surface area (Å²) in [5.41, 5.74) is 3.34. The predicted molar refractivity (Wildman–Crippen MR) is 102 cm³/mol. The van der Waals surface area contributed by atoms with E-state index in [2.05, 4.69) is 15.4 Å². The van der Waals surface area contributed by atoms with Crippen molar-refractivity contribution < 1.29 is 9.53 Å². The summed E-state index contributed by atoms with van der Waals surface area (Å²) >= 11 is 0. The Morgan fingerprint density at radius 1 is 1.21 bits per heavy atom. The van der Waals surface area contributed by atoms with Crippen LogP contribution < -0.4 is 4.74 Å². The van der Waals surface area contributed by atoms with Gasteiger partial charge in [0.1, 0.15) is 11.4 Å². The number of aromatic nitrogens is 5. The van der Waals surface area contributed by atoms with E-state index in [-0.39, 0.29) is 11.9 Å². The number of hydrogen-bond donors (Lipinski definition) is 0. The van der Waals surface area contributed by atoms with Crippen LogP contribution in [0.4, 0.5) is 0 Å². The van der Waals surface area contributed by atoms with Crippen molar-refractivity contribution in [3.05, 3.63) is 47.9 Å². The van der Waals surface area contributed by atoms with E-state index < -0.39 is 0 Å². The maximum absolute atomic E-state index is 12.9. The first kappa shape index (κ1) is 17.0. The number of nitrogens with zero attached hydrogens (tertiary/aromatic N) is 6. The molecule has 0 unspecified atom stereocenters. The molecule has 8 nitrogen and oxygen atoms in total. The second-order valence-electron chi connectivity index (χ2n) is 7.53. The zero-order chi connectivity index (χ0) is 19.3. The molecule has 2 aliphatic rings. The fraction of sp³-hybridized carbons (Fsp3) is 0.400. The summed E-state index contributed by atoms with van der Waals surface area (Å²) in [7, 11) is 3.43. The topological polar surface area (TPSA) is 78.1 Å². The molecule has 144 valence electrons. The summed E-state index contributed by atoms with van der Waals surface area (Å²) in [5.74, 6) is 1.35. The van der Waals surface area contributed by atoms with Gasteiger partial charge in [0.2, 0.25) is 0 Å². The fourth-order valence-corrected chi connectivity index (χ4v) is 3.58. The highest BCUT2D eigenvalue weighted by Crippen LogP contribution is 2.39. The average Bonchev–Trinajstić information content (AvgIpc) is 3.28. The molecule has 3 heterocycles. The molecule has 0 spiro atoms. The Morgan fingerprint density at radius 3 is 2.79 bits per heavy atom. The van der Waals surface area contributed by atoms with Crippen LogP contribution in [-0.2, 0) is 7.05 Å². The molecule has 2 aromatic heterocycles. The van der Waals surface area contributed by atoms with Crippen LogP contribution in [0.3, 0.4) is 0 Å². The van der Waals surface area contributed by atoms with Crippen LogP contribution in [0.1, 0.15) is 41.0 Å². The van der Waals surface area contributed by atoms with Crippen LogP contribution in [-0.4, -0.2) is 55.8 Å². The summed E-state index contributed by atoms with van der Waals surface area (Å²) in [5, 5.41) is 13.0. The smallest absolute Gasteiger partial charge is 0.272 e. The quantitative estimate of drug-likeness (QED) is 0.681. The first-order chi connectivity index (χ1) is 13.6. The molecule has 0 bridgehead atoms. The van der Waals surface area contributed by atoms with E-state index >= 15 is 0 Å². The van der Waals surface area contributed by atoms with Crippen molar-refractivity contribution in [2.24, 2.45) is 7.05 Å². The van der Waals surface area contributed by atoms with E-state index in [0.717, 1.165) is 22.7 Å². The summed E-state index contributed by atoms with van der Waals surface area (Å²) in [6, 6.07) is 9.72. The van der Waals surface area contributed by atoms with Gasteiger partial charge >= 0.3 is 0 Å². The summed E-state index contributed by atoms with van der Waals surface area (Å²) in [6.45, 7) is 1.29.